The molecule has 2 aromatic rings. The lowest BCUT2D eigenvalue weighted by molar-refractivity contribution is -0.179. The SMILES string of the molecule is COc1ccc([C@@H]2[C@@H](c3cccc(Cl)c3)O[C@H](CC(=O)O)C(=O)N2CC2CC2)cc1. The van der Waals surface area contributed by atoms with Gasteiger partial charge in [0.1, 0.15) is 18.0 Å². The molecule has 1 amide bonds. The molecule has 0 radical (unpaired) electrons. The van der Waals surface area contributed by atoms with E-state index in [2.05, 4.69) is 0 Å². The minimum Gasteiger partial charge on any atom is -0.497 e. The van der Waals surface area contributed by atoms with Crippen LogP contribution in [0.2, 0.25) is 5.02 Å². The topological polar surface area (TPSA) is 76.1 Å². The fourth-order valence-electron chi connectivity index (χ4n) is 3.97. The van der Waals surface area contributed by atoms with Crippen molar-refractivity contribution in [2.24, 2.45) is 5.92 Å². The molecule has 6 nitrogen and oxygen atoms in total. The third-order valence-electron chi connectivity index (χ3n) is 5.64. The fourth-order valence-corrected chi connectivity index (χ4v) is 4.17. The molecule has 3 atom stereocenters. The number of carbonyl (C=O) groups is 2. The highest BCUT2D eigenvalue weighted by Gasteiger charge is 2.46. The van der Waals surface area contributed by atoms with Crippen LogP contribution in [0.1, 0.15) is 42.5 Å². The minimum absolute atomic E-state index is 0.275. The van der Waals surface area contributed by atoms with E-state index in [-0.39, 0.29) is 18.4 Å². The Hall–Kier alpha value is -2.57. The fraction of sp³-hybridized carbons (Fsp3) is 0.391. The van der Waals surface area contributed by atoms with Gasteiger partial charge in [0.25, 0.3) is 5.91 Å². The van der Waals surface area contributed by atoms with Gasteiger partial charge in [0.2, 0.25) is 0 Å². The Bertz CT molecular complexity index is 927. The zero-order valence-corrected chi connectivity index (χ0v) is 17.4. The van der Waals surface area contributed by atoms with Gasteiger partial charge in [-0.3, -0.25) is 9.59 Å². The van der Waals surface area contributed by atoms with Gasteiger partial charge in [-0.05, 0) is 54.2 Å². The van der Waals surface area contributed by atoms with Gasteiger partial charge in [-0.25, -0.2) is 0 Å². The number of rotatable bonds is 7. The van der Waals surface area contributed by atoms with E-state index >= 15 is 0 Å². The summed E-state index contributed by atoms with van der Waals surface area (Å²) in [6.07, 6.45) is 0.223. The molecule has 30 heavy (non-hydrogen) atoms. The average Bonchev–Trinajstić information content (AvgIpc) is 3.55. The Kier molecular flexibility index (Phi) is 5.97. The first-order valence-corrected chi connectivity index (χ1v) is 10.4. The van der Waals surface area contributed by atoms with Crippen molar-refractivity contribution in [2.75, 3.05) is 13.7 Å². The molecule has 2 fully saturated rings. The summed E-state index contributed by atoms with van der Waals surface area (Å²) in [5.41, 5.74) is 1.72. The van der Waals surface area contributed by atoms with Crippen molar-refractivity contribution >= 4 is 23.5 Å². The summed E-state index contributed by atoms with van der Waals surface area (Å²) in [6, 6.07) is 14.5. The zero-order valence-electron chi connectivity index (χ0n) is 16.7. The Labute approximate surface area is 180 Å². The van der Waals surface area contributed by atoms with Crippen molar-refractivity contribution in [1.29, 1.82) is 0 Å². The largest absolute Gasteiger partial charge is 0.497 e. The van der Waals surface area contributed by atoms with Crippen LogP contribution in [-0.2, 0) is 14.3 Å². The number of halogens is 1. The maximum absolute atomic E-state index is 13.3. The summed E-state index contributed by atoms with van der Waals surface area (Å²) in [4.78, 5) is 26.5. The van der Waals surface area contributed by atoms with Crippen LogP contribution in [0, 0.1) is 5.92 Å². The van der Waals surface area contributed by atoms with E-state index in [1.807, 2.05) is 47.4 Å². The number of hydrogen-bond acceptors (Lipinski definition) is 4. The van der Waals surface area contributed by atoms with Crippen LogP contribution >= 0.6 is 11.6 Å². The number of nitrogens with zero attached hydrogens (tertiary/aromatic N) is 1. The van der Waals surface area contributed by atoms with Gasteiger partial charge in [-0.15, -0.1) is 0 Å². The molecule has 1 heterocycles. The maximum atomic E-state index is 13.3. The lowest BCUT2D eigenvalue weighted by atomic mass is 9.91. The standard InChI is InChI=1S/C23H24ClNO5/c1-29-18-9-7-15(8-10-18)21-22(16-3-2-4-17(24)11-16)30-19(12-20(26)27)23(28)25(21)13-14-5-6-14/h2-4,7-11,14,19,21-22H,5-6,12-13H2,1H3,(H,26,27)/t19-,21-,22-/m1/s1. The normalized spacial score (nSPS) is 24.0. The van der Waals surface area contributed by atoms with Gasteiger partial charge in [0.15, 0.2) is 0 Å². The number of hydrogen-bond donors (Lipinski definition) is 1. The molecular formula is C23H24ClNO5. The Morgan fingerprint density at radius 1 is 1.20 bits per heavy atom. The number of ether oxygens (including phenoxy) is 2. The maximum Gasteiger partial charge on any atom is 0.306 e. The van der Waals surface area contributed by atoms with E-state index in [9.17, 15) is 14.7 Å². The zero-order chi connectivity index (χ0) is 21.3. The molecular weight excluding hydrogens is 406 g/mol. The van der Waals surface area contributed by atoms with Crippen LogP contribution in [0.5, 0.6) is 5.75 Å². The average molecular weight is 430 g/mol. The number of morpholine rings is 1. The quantitative estimate of drug-likeness (QED) is 0.712. The molecule has 0 unspecified atom stereocenters. The third-order valence-corrected chi connectivity index (χ3v) is 5.87. The van der Waals surface area contributed by atoms with E-state index in [1.165, 1.54) is 0 Å². The molecule has 0 bridgehead atoms. The molecule has 0 aromatic heterocycles. The van der Waals surface area contributed by atoms with Crippen LogP contribution in [0.3, 0.4) is 0 Å². The van der Waals surface area contributed by atoms with Gasteiger partial charge < -0.3 is 19.5 Å². The number of carboxylic acids is 1. The second-order valence-corrected chi connectivity index (χ2v) is 8.29. The van der Waals surface area contributed by atoms with E-state index in [0.717, 1.165) is 29.7 Å². The second-order valence-electron chi connectivity index (χ2n) is 7.85. The summed E-state index contributed by atoms with van der Waals surface area (Å²) in [5.74, 6) is -0.173. The lowest BCUT2D eigenvalue weighted by Crippen LogP contribution is -2.52. The first-order chi connectivity index (χ1) is 14.5. The summed E-state index contributed by atoms with van der Waals surface area (Å²) in [7, 11) is 1.60. The molecule has 158 valence electrons. The van der Waals surface area contributed by atoms with Crippen molar-refractivity contribution in [3.63, 3.8) is 0 Å². The van der Waals surface area contributed by atoms with Crippen LogP contribution in [0.25, 0.3) is 0 Å². The third kappa shape index (κ3) is 4.45. The van der Waals surface area contributed by atoms with Crippen molar-refractivity contribution < 1.29 is 24.2 Å². The smallest absolute Gasteiger partial charge is 0.306 e. The molecule has 1 aliphatic heterocycles. The van der Waals surface area contributed by atoms with Gasteiger partial charge in [0.05, 0.1) is 19.6 Å². The van der Waals surface area contributed by atoms with Gasteiger partial charge in [-0.1, -0.05) is 35.9 Å². The highest BCUT2D eigenvalue weighted by molar-refractivity contribution is 6.30. The van der Waals surface area contributed by atoms with E-state index in [0.29, 0.717) is 17.5 Å². The minimum atomic E-state index is -1.06. The Morgan fingerprint density at radius 2 is 1.93 bits per heavy atom. The summed E-state index contributed by atoms with van der Waals surface area (Å²) < 4.78 is 11.4. The molecule has 1 saturated heterocycles. The van der Waals surface area contributed by atoms with Crippen LogP contribution in [-0.4, -0.2) is 41.6 Å². The molecule has 2 aromatic carbocycles. The van der Waals surface area contributed by atoms with Crippen LogP contribution in [0.4, 0.5) is 0 Å². The first-order valence-electron chi connectivity index (χ1n) is 10.0. The predicted molar refractivity (Wildman–Crippen MR) is 111 cm³/mol. The van der Waals surface area contributed by atoms with Gasteiger partial charge in [-0.2, -0.15) is 0 Å². The van der Waals surface area contributed by atoms with E-state index in [1.54, 1.807) is 13.2 Å². The molecule has 1 saturated carbocycles. The van der Waals surface area contributed by atoms with Crippen molar-refractivity contribution in [3.8, 4) is 5.75 Å². The Balaban J connectivity index is 1.78. The summed E-state index contributed by atoms with van der Waals surface area (Å²) >= 11 is 6.23. The molecule has 2 aliphatic rings. The van der Waals surface area contributed by atoms with Crippen molar-refractivity contribution in [2.45, 2.75) is 37.5 Å². The second kappa shape index (κ2) is 8.66. The Morgan fingerprint density at radius 3 is 2.53 bits per heavy atom. The van der Waals surface area contributed by atoms with Crippen molar-refractivity contribution in [1.82, 2.24) is 4.90 Å². The number of aliphatic carboxylic acids is 1. The monoisotopic (exact) mass is 429 g/mol. The van der Waals surface area contributed by atoms with Gasteiger partial charge >= 0.3 is 5.97 Å². The highest BCUT2D eigenvalue weighted by atomic mass is 35.5. The summed E-state index contributed by atoms with van der Waals surface area (Å²) in [6.45, 7) is 0.589. The van der Waals surface area contributed by atoms with Crippen molar-refractivity contribution in [3.05, 3.63) is 64.7 Å². The van der Waals surface area contributed by atoms with Crippen LogP contribution in [0.15, 0.2) is 48.5 Å². The summed E-state index contributed by atoms with van der Waals surface area (Å²) in [5, 5.41) is 9.88. The van der Waals surface area contributed by atoms with Crippen LogP contribution < -0.4 is 4.74 Å². The predicted octanol–water partition coefficient (Wildman–Crippen LogP) is 4.24. The lowest BCUT2D eigenvalue weighted by Gasteiger charge is -2.45. The molecule has 4 rings (SSSR count). The molecule has 1 N–H and O–H groups in total. The number of benzene rings is 2. The number of carbonyl (C=O) groups excluding carboxylic acids is 1. The molecule has 0 spiro atoms. The van der Waals surface area contributed by atoms with Gasteiger partial charge in [0, 0.05) is 11.6 Å². The number of methoxy groups -OCH3 is 1. The molecule has 7 heteroatoms. The number of amides is 1. The van der Waals surface area contributed by atoms with E-state index < -0.39 is 18.2 Å². The molecule has 1 aliphatic carbocycles. The highest BCUT2D eigenvalue weighted by Crippen LogP contribution is 2.45. The first kappa shape index (κ1) is 20.7. The number of carboxylic acid groups (broad SMARTS) is 1. The van der Waals surface area contributed by atoms with E-state index in [4.69, 9.17) is 21.1 Å².